The fourth-order valence-electron chi connectivity index (χ4n) is 4.82. The molecule has 0 aromatic heterocycles. The molecule has 208 valence electrons. The predicted octanol–water partition coefficient (Wildman–Crippen LogP) is 6.18. The molecule has 0 bridgehead atoms. The molecular formula is C29H35F4NO4. The van der Waals surface area contributed by atoms with Crippen LogP contribution in [-0.2, 0) is 22.1 Å². The highest BCUT2D eigenvalue weighted by Gasteiger charge is 2.32. The summed E-state index contributed by atoms with van der Waals surface area (Å²) in [6.45, 7) is 6.09. The minimum absolute atomic E-state index is 0.0219. The highest BCUT2D eigenvalue weighted by Crippen LogP contribution is 2.34. The molecule has 0 saturated carbocycles. The van der Waals surface area contributed by atoms with Crippen LogP contribution in [0.15, 0.2) is 42.0 Å². The summed E-state index contributed by atoms with van der Waals surface area (Å²) in [5.41, 5.74) is 1.11. The number of carboxylic acid groups (broad SMARTS) is 1. The summed E-state index contributed by atoms with van der Waals surface area (Å²) in [5, 5.41) is 20.0. The quantitative estimate of drug-likeness (QED) is 0.265. The Labute approximate surface area is 220 Å². The van der Waals surface area contributed by atoms with E-state index in [2.05, 4.69) is 4.90 Å². The average Bonchev–Trinajstić information content (AvgIpc) is 3.28. The van der Waals surface area contributed by atoms with Gasteiger partial charge in [-0.15, -0.1) is 0 Å². The Morgan fingerprint density at radius 1 is 1.24 bits per heavy atom. The lowest BCUT2D eigenvalue weighted by Crippen LogP contribution is -2.39. The number of ether oxygens (including phenoxy) is 1. The smallest absolute Gasteiger partial charge is 0.416 e. The van der Waals surface area contributed by atoms with Gasteiger partial charge in [0.1, 0.15) is 5.82 Å². The van der Waals surface area contributed by atoms with Crippen LogP contribution >= 0.6 is 0 Å². The van der Waals surface area contributed by atoms with Crippen LogP contribution < -0.4 is 0 Å². The molecule has 1 saturated heterocycles. The summed E-state index contributed by atoms with van der Waals surface area (Å²) < 4.78 is 59.7. The van der Waals surface area contributed by atoms with Crippen molar-refractivity contribution in [3.8, 4) is 0 Å². The Bertz CT molecular complexity index is 1150. The summed E-state index contributed by atoms with van der Waals surface area (Å²) in [7, 11) is 0. The molecule has 0 aliphatic carbocycles. The Balaban J connectivity index is 1.66. The highest BCUT2D eigenvalue weighted by molar-refractivity contribution is 5.92. The number of carbonyl (C=O) groups is 1. The lowest BCUT2D eigenvalue weighted by molar-refractivity contribution is -0.137. The highest BCUT2D eigenvalue weighted by atomic mass is 19.4. The van der Waals surface area contributed by atoms with Crippen LogP contribution in [0.1, 0.15) is 67.0 Å². The maximum Gasteiger partial charge on any atom is 0.416 e. The van der Waals surface area contributed by atoms with E-state index in [1.54, 1.807) is 32.9 Å². The predicted molar refractivity (Wildman–Crippen MR) is 137 cm³/mol. The number of alkyl halides is 3. The molecule has 0 radical (unpaired) electrons. The lowest BCUT2D eigenvalue weighted by atomic mass is 9.97. The van der Waals surface area contributed by atoms with E-state index in [9.17, 15) is 32.6 Å². The number of nitrogens with zero attached hydrogens (tertiary/aromatic N) is 1. The van der Waals surface area contributed by atoms with E-state index in [1.807, 2.05) is 6.07 Å². The number of aliphatic hydroxyl groups excluding tert-OH is 1. The molecule has 2 aromatic rings. The van der Waals surface area contributed by atoms with Gasteiger partial charge in [0.15, 0.2) is 0 Å². The fourth-order valence-corrected chi connectivity index (χ4v) is 4.82. The Morgan fingerprint density at radius 2 is 1.97 bits per heavy atom. The van der Waals surface area contributed by atoms with Crippen LogP contribution in [0.5, 0.6) is 0 Å². The van der Waals surface area contributed by atoms with E-state index >= 15 is 0 Å². The summed E-state index contributed by atoms with van der Waals surface area (Å²) in [6.07, 6.45) is -2.14. The number of rotatable bonds is 11. The summed E-state index contributed by atoms with van der Waals surface area (Å²) >= 11 is 0. The van der Waals surface area contributed by atoms with Crippen LogP contribution in [-0.4, -0.2) is 52.9 Å². The van der Waals surface area contributed by atoms with Gasteiger partial charge in [-0.2, -0.15) is 13.2 Å². The minimum Gasteiger partial charge on any atom is -0.478 e. The molecule has 0 unspecified atom stereocenters. The molecule has 3 atom stereocenters. The third kappa shape index (κ3) is 7.88. The molecule has 0 amide bonds. The molecule has 0 spiro atoms. The zero-order valence-electron chi connectivity index (χ0n) is 21.9. The zero-order chi connectivity index (χ0) is 28.0. The maximum absolute atomic E-state index is 14.0. The van der Waals surface area contributed by atoms with Gasteiger partial charge in [-0.1, -0.05) is 25.1 Å². The van der Waals surface area contributed by atoms with Gasteiger partial charge in [0.2, 0.25) is 0 Å². The second-order valence-electron chi connectivity index (χ2n) is 9.88. The van der Waals surface area contributed by atoms with Crippen LogP contribution in [0.3, 0.4) is 0 Å². The summed E-state index contributed by atoms with van der Waals surface area (Å²) in [6, 6.07) is 8.55. The Hall–Kier alpha value is -2.75. The number of halogens is 4. The zero-order valence-corrected chi connectivity index (χ0v) is 21.9. The number of carboxylic acids is 1. The van der Waals surface area contributed by atoms with E-state index < -0.39 is 29.9 Å². The molecule has 38 heavy (non-hydrogen) atoms. The third-order valence-electron chi connectivity index (χ3n) is 7.03. The molecular weight excluding hydrogens is 502 g/mol. The first-order valence-electron chi connectivity index (χ1n) is 12.8. The minimum atomic E-state index is -4.58. The van der Waals surface area contributed by atoms with Crippen molar-refractivity contribution in [2.75, 3.05) is 19.7 Å². The van der Waals surface area contributed by atoms with E-state index in [0.29, 0.717) is 24.1 Å². The number of aliphatic carboxylic acids is 1. The van der Waals surface area contributed by atoms with Crippen molar-refractivity contribution in [1.82, 2.24) is 4.90 Å². The normalized spacial score (nSPS) is 18.5. The molecule has 1 heterocycles. The standard InChI is InChI=1S/C29H35F4NO4/c1-4-21(28(36)37)14-22-15-23(29(31,32)33)9-10-26(22)19(3)38-17-25(35)16-34-11-5-6-24(34)12-20-8-7-18(2)27(30)13-20/h7-10,13-15,19,24-25,35H,4-6,11-12,16-17H2,1-3H3,(H,36,37)/t19-,24+,25-/m1/s1. The molecule has 5 nitrogen and oxygen atoms in total. The first-order valence-corrected chi connectivity index (χ1v) is 12.8. The van der Waals surface area contributed by atoms with Crippen molar-refractivity contribution >= 4 is 12.0 Å². The molecule has 2 aromatic carbocycles. The topological polar surface area (TPSA) is 70.0 Å². The summed E-state index contributed by atoms with van der Waals surface area (Å²) in [5.74, 6) is -1.44. The average molecular weight is 538 g/mol. The molecule has 2 N–H and O–H groups in total. The number of likely N-dealkylation sites (tertiary alicyclic amines) is 1. The number of β-amino-alcohol motifs (C(OH)–C–C–N with tert-alkyl or cyclic N) is 1. The SMILES string of the molecule is CCC(=Cc1cc(C(F)(F)F)ccc1[C@@H](C)OC[C@H](O)CN1CCC[C@H]1Cc1ccc(C)c(F)c1)C(=O)O. The largest absolute Gasteiger partial charge is 0.478 e. The van der Waals surface area contributed by atoms with Crippen molar-refractivity contribution in [2.45, 2.75) is 70.9 Å². The second-order valence-corrected chi connectivity index (χ2v) is 9.88. The van der Waals surface area contributed by atoms with Crippen LogP contribution in [0.4, 0.5) is 17.6 Å². The van der Waals surface area contributed by atoms with Gasteiger partial charge in [0.25, 0.3) is 0 Å². The monoisotopic (exact) mass is 537 g/mol. The first-order chi connectivity index (χ1) is 17.9. The summed E-state index contributed by atoms with van der Waals surface area (Å²) in [4.78, 5) is 13.6. The van der Waals surface area contributed by atoms with Crippen molar-refractivity contribution in [2.24, 2.45) is 0 Å². The van der Waals surface area contributed by atoms with E-state index in [0.717, 1.165) is 37.1 Å². The third-order valence-corrected chi connectivity index (χ3v) is 7.03. The van der Waals surface area contributed by atoms with E-state index in [-0.39, 0.29) is 36.0 Å². The van der Waals surface area contributed by atoms with E-state index in [4.69, 9.17) is 4.74 Å². The number of aliphatic hydroxyl groups is 1. The van der Waals surface area contributed by atoms with Gasteiger partial charge >= 0.3 is 12.1 Å². The van der Waals surface area contributed by atoms with Crippen molar-refractivity contribution in [3.05, 3.63) is 75.6 Å². The van der Waals surface area contributed by atoms with Crippen LogP contribution in [0.2, 0.25) is 0 Å². The van der Waals surface area contributed by atoms with Gasteiger partial charge in [0, 0.05) is 18.2 Å². The lowest BCUT2D eigenvalue weighted by Gasteiger charge is -2.28. The molecule has 1 fully saturated rings. The van der Waals surface area contributed by atoms with Gasteiger partial charge in [-0.25, -0.2) is 9.18 Å². The Morgan fingerprint density at radius 3 is 2.61 bits per heavy atom. The second kappa shape index (κ2) is 12.9. The fraction of sp³-hybridized carbons (Fsp3) is 0.483. The number of hydrogen-bond acceptors (Lipinski definition) is 4. The van der Waals surface area contributed by atoms with E-state index in [1.165, 1.54) is 12.1 Å². The van der Waals surface area contributed by atoms with Gasteiger partial charge < -0.3 is 14.9 Å². The molecule has 3 rings (SSSR count). The van der Waals surface area contributed by atoms with Crippen LogP contribution in [0, 0.1) is 12.7 Å². The maximum atomic E-state index is 14.0. The van der Waals surface area contributed by atoms with Gasteiger partial charge in [-0.3, -0.25) is 4.90 Å². The first kappa shape index (κ1) is 29.8. The van der Waals surface area contributed by atoms with Gasteiger partial charge in [-0.05, 0) is 92.6 Å². The number of hydrogen-bond donors (Lipinski definition) is 2. The van der Waals surface area contributed by atoms with Crippen molar-refractivity contribution in [3.63, 3.8) is 0 Å². The van der Waals surface area contributed by atoms with Crippen molar-refractivity contribution < 1.29 is 37.3 Å². The molecule has 1 aliphatic rings. The van der Waals surface area contributed by atoms with Crippen LogP contribution in [0.25, 0.3) is 6.08 Å². The van der Waals surface area contributed by atoms with Gasteiger partial charge in [0.05, 0.1) is 24.4 Å². The number of benzene rings is 2. The molecule has 1 aliphatic heterocycles. The number of aryl methyl sites for hydroxylation is 1. The van der Waals surface area contributed by atoms with Crippen molar-refractivity contribution in [1.29, 1.82) is 0 Å². The molecule has 9 heteroatoms. The Kier molecular flexibility index (Phi) is 10.1.